The topological polar surface area (TPSA) is 0 Å². The molecule has 0 heterocycles. The van der Waals surface area contributed by atoms with Crippen molar-refractivity contribution >= 4 is 0 Å². The molecule has 0 saturated heterocycles. The summed E-state index contributed by atoms with van der Waals surface area (Å²) in [6.45, 7) is 9.56. The van der Waals surface area contributed by atoms with Crippen LogP contribution < -0.4 is 0 Å². The lowest BCUT2D eigenvalue weighted by Crippen LogP contribution is -2.38. The van der Waals surface area contributed by atoms with Gasteiger partial charge >= 0.3 is 0 Å². The van der Waals surface area contributed by atoms with Crippen LogP contribution in [-0.4, -0.2) is 0 Å². The smallest absolute Gasteiger partial charge is 0.00691 e. The zero-order valence-electron chi connectivity index (χ0n) is 11.6. The van der Waals surface area contributed by atoms with Gasteiger partial charge in [0.2, 0.25) is 0 Å². The molecule has 1 aromatic rings. The lowest BCUT2D eigenvalue weighted by Gasteiger charge is -2.48. The van der Waals surface area contributed by atoms with Gasteiger partial charge in [-0.25, -0.2) is 0 Å². The van der Waals surface area contributed by atoms with Crippen LogP contribution >= 0.6 is 0 Å². The number of rotatable bonds is 0. The summed E-state index contributed by atoms with van der Waals surface area (Å²) in [5, 5.41) is 0. The quantitative estimate of drug-likeness (QED) is 0.591. The number of hydrogen-bond acceptors (Lipinski definition) is 0. The molecule has 1 saturated carbocycles. The molecule has 0 N–H and O–H groups in total. The Morgan fingerprint density at radius 1 is 1.12 bits per heavy atom. The van der Waals surface area contributed by atoms with E-state index in [0.29, 0.717) is 5.41 Å². The monoisotopic (exact) mass is 228 g/mol. The number of fused-ring (bicyclic) bond motifs is 2. The largest absolute Gasteiger partial charge is 0.0617 e. The SMILES string of the molecule is CC(C)(C)c1cccc2c1C1(C)CCC2CC1. The molecule has 1 fully saturated rings. The molecule has 0 amide bonds. The molecule has 1 aromatic carbocycles. The summed E-state index contributed by atoms with van der Waals surface area (Å²) in [6.07, 6.45) is 5.63. The Hall–Kier alpha value is -0.780. The molecular weight excluding hydrogens is 204 g/mol. The third-order valence-electron chi connectivity index (χ3n) is 5.04. The highest BCUT2D eigenvalue weighted by atomic mass is 14.5. The second-order valence-electron chi connectivity index (χ2n) is 7.35. The predicted octanol–water partition coefficient (Wildman–Crippen LogP) is 4.91. The molecule has 0 radical (unpaired) electrons. The van der Waals surface area contributed by atoms with E-state index in [4.69, 9.17) is 0 Å². The molecule has 0 nitrogen and oxygen atoms in total. The van der Waals surface area contributed by atoms with E-state index in [1.54, 1.807) is 16.7 Å². The highest BCUT2D eigenvalue weighted by Crippen LogP contribution is 2.55. The van der Waals surface area contributed by atoms with Crippen LogP contribution in [0.2, 0.25) is 0 Å². The van der Waals surface area contributed by atoms with Crippen molar-refractivity contribution in [3.63, 3.8) is 0 Å². The second kappa shape index (κ2) is 3.37. The molecule has 0 spiro atoms. The van der Waals surface area contributed by atoms with Gasteiger partial charge in [-0.2, -0.15) is 0 Å². The Labute approximate surface area is 105 Å². The Kier molecular flexibility index (Phi) is 2.24. The van der Waals surface area contributed by atoms with Gasteiger partial charge in [-0.15, -0.1) is 0 Å². The van der Waals surface area contributed by atoms with Crippen LogP contribution in [0.25, 0.3) is 0 Å². The molecule has 92 valence electrons. The molecular formula is C17H24. The molecule has 3 aliphatic rings. The van der Waals surface area contributed by atoms with E-state index >= 15 is 0 Å². The summed E-state index contributed by atoms with van der Waals surface area (Å²) in [5.74, 6) is 0.856. The second-order valence-corrected chi connectivity index (χ2v) is 7.35. The minimum atomic E-state index is 0.284. The van der Waals surface area contributed by atoms with Crippen molar-refractivity contribution in [2.75, 3.05) is 0 Å². The van der Waals surface area contributed by atoms with Gasteiger partial charge in [0.05, 0.1) is 0 Å². The fraction of sp³-hybridized carbons (Fsp3) is 0.647. The van der Waals surface area contributed by atoms with Gasteiger partial charge in [0.1, 0.15) is 0 Å². The summed E-state index contributed by atoms with van der Waals surface area (Å²) in [6, 6.07) is 7.04. The minimum Gasteiger partial charge on any atom is -0.0617 e. The molecule has 0 unspecified atom stereocenters. The maximum atomic E-state index is 2.50. The third kappa shape index (κ3) is 1.57. The first-order valence-electron chi connectivity index (χ1n) is 7.06. The lowest BCUT2D eigenvalue weighted by molar-refractivity contribution is 0.253. The van der Waals surface area contributed by atoms with Crippen LogP contribution in [0.5, 0.6) is 0 Å². The van der Waals surface area contributed by atoms with Crippen LogP contribution in [0.3, 0.4) is 0 Å². The van der Waals surface area contributed by atoms with Gasteiger partial charge in [0.15, 0.2) is 0 Å². The molecule has 0 aromatic heterocycles. The van der Waals surface area contributed by atoms with E-state index in [-0.39, 0.29) is 5.41 Å². The average molecular weight is 228 g/mol. The number of hydrogen-bond donors (Lipinski definition) is 0. The van der Waals surface area contributed by atoms with Gasteiger partial charge in [-0.1, -0.05) is 45.9 Å². The van der Waals surface area contributed by atoms with Crippen molar-refractivity contribution in [3.05, 3.63) is 34.9 Å². The Balaban J connectivity index is 2.26. The van der Waals surface area contributed by atoms with Gasteiger partial charge in [-0.05, 0) is 59.1 Å². The van der Waals surface area contributed by atoms with Gasteiger partial charge in [0.25, 0.3) is 0 Å². The predicted molar refractivity (Wildman–Crippen MR) is 73.7 cm³/mol. The normalized spacial score (nSPS) is 31.4. The summed E-state index contributed by atoms with van der Waals surface area (Å²) in [5.41, 5.74) is 5.74. The zero-order valence-corrected chi connectivity index (χ0v) is 11.6. The minimum absolute atomic E-state index is 0.284. The maximum Gasteiger partial charge on any atom is -0.00691 e. The summed E-state index contributed by atoms with van der Waals surface area (Å²) in [7, 11) is 0. The molecule has 3 aliphatic carbocycles. The van der Waals surface area contributed by atoms with E-state index in [1.165, 1.54) is 25.7 Å². The van der Waals surface area contributed by atoms with Crippen LogP contribution in [0.1, 0.15) is 76.0 Å². The summed E-state index contributed by atoms with van der Waals surface area (Å²) in [4.78, 5) is 0. The van der Waals surface area contributed by atoms with Crippen molar-refractivity contribution in [2.45, 2.75) is 70.1 Å². The molecule has 0 atom stereocenters. The highest BCUT2D eigenvalue weighted by molar-refractivity contribution is 5.49. The average Bonchev–Trinajstić information content (AvgIpc) is 2.28. The number of benzene rings is 1. The van der Waals surface area contributed by atoms with E-state index in [9.17, 15) is 0 Å². The van der Waals surface area contributed by atoms with Gasteiger partial charge < -0.3 is 0 Å². The van der Waals surface area contributed by atoms with Gasteiger partial charge in [0, 0.05) is 0 Å². The first-order valence-corrected chi connectivity index (χ1v) is 7.06. The van der Waals surface area contributed by atoms with Crippen LogP contribution in [0, 0.1) is 0 Å². The first kappa shape index (κ1) is 11.3. The van der Waals surface area contributed by atoms with Gasteiger partial charge in [-0.3, -0.25) is 0 Å². The summed E-state index contributed by atoms with van der Waals surface area (Å²) < 4.78 is 0. The molecule has 0 aliphatic heterocycles. The molecule has 4 rings (SSSR count). The Morgan fingerprint density at radius 2 is 1.76 bits per heavy atom. The van der Waals surface area contributed by atoms with Crippen molar-refractivity contribution in [1.82, 2.24) is 0 Å². The van der Waals surface area contributed by atoms with E-state index in [1.807, 2.05) is 0 Å². The Bertz CT molecular complexity index is 440. The maximum absolute atomic E-state index is 2.50. The standard InChI is InChI=1S/C17H24/c1-16(2,3)14-7-5-6-13-12-8-10-17(4,11-9-12)15(13)14/h5-7,12H,8-11H2,1-4H3. The van der Waals surface area contributed by atoms with Crippen molar-refractivity contribution < 1.29 is 0 Å². The van der Waals surface area contributed by atoms with Crippen molar-refractivity contribution in [3.8, 4) is 0 Å². The van der Waals surface area contributed by atoms with Crippen LogP contribution in [-0.2, 0) is 10.8 Å². The fourth-order valence-corrected chi connectivity index (χ4v) is 4.02. The fourth-order valence-electron chi connectivity index (χ4n) is 4.02. The van der Waals surface area contributed by atoms with E-state index < -0.39 is 0 Å². The third-order valence-corrected chi connectivity index (χ3v) is 5.04. The van der Waals surface area contributed by atoms with E-state index in [2.05, 4.69) is 45.9 Å². The lowest BCUT2D eigenvalue weighted by atomic mass is 9.56. The van der Waals surface area contributed by atoms with Crippen LogP contribution in [0.15, 0.2) is 18.2 Å². The summed E-state index contributed by atoms with van der Waals surface area (Å²) >= 11 is 0. The Morgan fingerprint density at radius 3 is 2.35 bits per heavy atom. The first-order chi connectivity index (χ1) is 7.92. The van der Waals surface area contributed by atoms with Crippen LogP contribution in [0.4, 0.5) is 0 Å². The molecule has 17 heavy (non-hydrogen) atoms. The highest BCUT2D eigenvalue weighted by Gasteiger charge is 2.43. The van der Waals surface area contributed by atoms with Crippen molar-refractivity contribution in [2.24, 2.45) is 0 Å². The molecule has 2 bridgehead atoms. The molecule has 0 heteroatoms. The van der Waals surface area contributed by atoms with Crippen molar-refractivity contribution in [1.29, 1.82) is 0 Å². The van der Waals surface area contributed by atoms with E-state index in [0.717, 1.165) is 5.92 Å². The zero-order chi connectivity index (χ0) is 12.3.